The smallest absolute Gasteiger partial charge is 0.261 e. The highest BCUT2D eigenvalue weighted by molar-refractivity contribution is 6.31. The van der Waals surface area contributed by atoms with E-state index in [-0.39, 0.29) is 37.4 Å². The molecule has 4 rings (SSSR count). The minimum absolute atomic E-state index is 0.0153. The molecule has 176 valence electrons. The third-order valence-electron chi connectivity index (χ3n) is 5.65. The van der Waals surface area contributed by atoms with Gasteiger partial charge in [0.25, 0.3) is 11.8 Å². The SMILES string of the molecule is Cc1nc(C2=C(N)CN(C(=O)c3ccc(F)cc3OCC3CC(F)(F)CN3)C2)nc(C)c1Cl. The Labute approximate surface area is 193 Å². The maximum absolute atomic E-state index is 13.9. The number of amides is 1. The Kier molecular flexibility index (Phi) is 6.24. The Balaban J connectivity index is 1.51. The van der Waals surface area contributed by atoms with Gasteiger partial charge in [0.05, 0.1) is 41.6 Å². The maximum Gasteiger partial charge on any atom is 0.261 e. The van der Waals surface area contributed by atoms with E-state index in [4.69, 9.17) is 22.1 Å². The zero-order chi connectivity index (χ0) is 23.9. The second-order valence-corrected chi connectivity index (χ2v) is 8.66. The number of hydrogen-bond donors (Lipinski definition) is 2. The van der Waals surface area contributed by atoms with E-state index in [1.165, 1.54) is 11.0 Å². The van der Waals surface area contributed by atoms with Gasteiger partial charge in [-0.1, -0.05) is 11.6 Å². The van der Waals surface area contributed by atoms with Crippen LogP contribution in [0.5, 0.6) is 5.75 Å². The molecule has 33 heavy (non-hydrogen) atoms. The second-order valence-electron chi connectivity index (χ2n) is 8.29. The predicted octanol–water partition coefficient (Wildman–Crippen LogP) is 3.09. The molecule has 1 fully saturated rings. The number of hydrogen-bond acceptors (Lipinski definition) is 6. The summed E-state index contributed by atoms with van der Waals surface area (Å²) < 4.78 is 46.3. The van der Waals surface area contributed by atoms with Crippen molar-refractivity contribution in [1.29, 1.82) is 0 Å². The lowest BCUT2D eigenvalue weighted by Gasteiger charge is -2.20. The molecule has 3 heterocycles. The lowest BCUT2D eigenvalue weighted by Crippen LogP contribution is -2.32. The fourth-order valence-corrected chi connectivity index (χ4v) is 4.00. The van der Waals surface area contributed by atoms with E-state index in [1.807, 2.05) is 0 Å². The molecule has 0 saturated carbocycles. The summed E-state index contributed by atoms with van der Waals surface area (Å²) in [6, 6.07) is 2.93. The van der Waals surface area contributed by atoms with Crippen LogP contribution in [0.4, 0.5) is 13.2 Å². The molecule has 2 aromatic rings. The molecule has 1 unspecified atom stereocenters. The fourth-order valence-electron chi connectivity index (χ4n) is 3.91. The van der Waals surface area contributed by atoms with Gasteiger partial charge in [-0.05, 0) is 26.0 Å². The van der Waals surface area contributed by atoms with Crippen molar-refractivity contribution in [2.24, 2.45) is 5.73 Å². The maximum atomic E-state index is 13.9. The van der Waals surface area contributed by atoms with Gasteiger partial charge in [-0.3, -0.25) is 4.79 Å². The minimum atomic E-state index is -2.82. The van der Waals surface area contributed by atoms with Gasteiger partial charge >= 0.3 is 0 Å². The molecule has 1 aromatic heterocycles. The van der Waals surface area contributed by atoms with Gasteiger partial charge < -0.3 is 20.7 Å². The summed E-state index contributed by atoms with van der Waals surface area (Å²) in [5, 5.41) is 3.13. The van der Waals surface area contributed by atoms with Crippen molar-refractivity contribution in [1.82, 2.24) is 20.2 Å². The highest BCUT2D eigenvalue weighted by Gasteiger charge is 2.39. The third kappa shape index (κ3) is 4.91. The summed E-state index contributed by atoms with van der Waals surface area (Å²) in [6.07, 6.45) is -0.387. The van der Waals surface area contributed by atoms with E-state index >= 15 is 0 Å². The number of rotatable bonds is 5. The fraction of sp³-hybridized carbons (Fsp3) is 0.409. The van der Waals surface area contributed by atoms with Crippen molar-refractivity contribution >= 4 is 23.1 Å². The van der Waals surface area contributed by atoms with E-state index < -0.39 is 30.2 Å². The first-order valence-electron chi connectivity index (χ1n) is 10.4. The largest absolute Gasteiger partial charge is 0.491 e. The molecular formula is C22H23ClF3N5O2. The molecule has 1 atom stereocenters. The number of halogens is 4. The van der Waals surface area contributed by atoms with Crippen molar-refractivity contribution in [3.05, 3.63) is 57.5 Å². The first-order valence-corrected chi connectivity index (χ1v) is 10.7. The number of nitrogens with zero attached hydrogens (tertiary/aromatic N) is 3. The van der Waals surface area contributed by atoms with Crippen LogP contribution in [0, 0.1) is 19.7 Å². The molecule has 2 aliphatic rings. The van der Waals surface area contributed by atoms with E-state index in [9.17, 15) is 18.0 Å². The summed E-state index contributed by atoms with van der Waals surface area (Å²) in [7, 11) is 0. The number of benzene rings is 1. The molecule has 7 nitrogen and oxygen atoms in total. The van der Waals surface area contributed by atoms with Gasteiger partial charge in [0, 0.05) is 29.8 Å². The first kappa shape index (κ1) is 23.3. The van der Waals surface area contributed by atoms with Crippen LogP contribution < -0.4 is 15.8 Å². The molecule has 0 radical (unpaired) electrons. The minimum Gasteiger partial charge on any atom is -0.491 e. The van der Waals surface area contributed by atoms with Gasteiger partial charge in [-0.15, -0.1) is 0 Å². The van der Waals surface area contributed by atoms with Crippen molar-refractivity contribution < 1.29 is 22.7 Å². The molecule has 1 saturated heterocycles. The molecule has 3 N–H and O–H groups in total. The van der Waals surface area contributed by atoms with Gasteiger partial charge in [0.2, 0.25) is 0 Å². The van der Waals surface area contributed by atoms with Crippen LogP contribution in [0.15, 0.2) is 23.9 Å². The number of aryl methyl sites for hydroxylation is 2. The predicted molar refractivity (Wildman–Crippen MR) is 117 cm³/mol. The van der Waals surface area contributed by atoms with Crippen molar-refractivity contribution in [3.63, 3.8) is 0 Å². The van der Waals surface area contributed by atoms with Crippen LogP contribution in [0.3, 0.4) is 0 Å². The van der Waals surface area contributed by atoms with E-state index in [2.05, 4.69) is 15.3 Å². The molecule has 0 aliphatic carbocycles. The quantitative estimate of drug-likeness (QED) is 0.681. The van der Waals surface area contributed by atoms with Crippen LogP contribution in [-0.2, 0) is 0 Å². The molecule has 0 spiro atoms. The van der Waals surface area contributed by atoms with Gasteiger partial charge in [-0.25, -0.2) is 23.1 Å². The lowest BCUT2D eigenvalue weighted by molar-refractivity contribution is 0.0195. The number of aromatic nitrogens is 2. The van der Waals surface area contributed by atoms with Crippen LogP contribution in [0.2, 0.25) is 5.02 Å². The highest BCUT2D eigenvalue weighted by Crippen LogP contribution is 2.30. The average Bonchev–Trinajstić information content (AvgIpc) is 3.31. The zero-order valence-electron chi connectivity index (χ0n) is 18.1. The molecule has 1 amide bonds. The molecule has 11 heteroatoms. The Morgan fingerprint density at radius 1 is 1.30 bits per heavy atom. The summed E-state index contributed by atoms with van der Waals surface area (Å²) in [6.45, 7) is 3.23. The average molecular weight is 482 g/mol. The lowest BCUT2D eigenvalue weighted by atomic mass is 10.1. The number of carbonyl (C=O) groups is 1. The summed E-state index contributed by atoms with van der Waals surface area (Å²) >= 11 is 6.15. The third-order valence-corrected chi connectivity index (χ3v) is 6.19. The van der Waals surface area contributed by atoms with E-state index in [0.29, 0.717) is 33.5 Å². The highest BCUT2D eigenvalue weighted by atomic mass is 35.5. The number of nitrogens with two attached hydrogens (primary N) is 1. The number of ether oxygens (including phenoxy) is 1. The van der Waals surface area contributed by atoms with Crippen molar-refractivity contribution in [3.8, 4) is 5.75 Å². The van der Waals surface area contributed by atoms with Crippen molar-refractivity contribution in [2.45, 2.75) is 32.2 Å². The van der Waals surface area contributed by atoms with Gasteiger partial charge in [-0.2, -0.15) is 0 Å². The topological polar surface area (TPSA) is 93.4 Å². The molecule has 0 bridgehead atoms. The van der Waals surface area contributed by atoms with Crippen LogP contribution in [0.25, 0.3) is 5.57 Å². The van der Waals surface area contributed by atoms with Crippen LogP contribution in [-0.4, -0.2) is 59.0 Å². The molecule has 2 aliphatic heterocycles. The van der Waals surface area contributed by atoms with E-state index in [1.54, 1.807) is 13.8 Å². The standard InChI is InChI=1S/C22H23ClF3N5O2/c1-11-19(23)12(2)30-20(29-11)16-7-31(8-17(16)27)21(32)15-4-3-13(24)5-18(15)33-9-14-6-22(25,26)10-28-14/h3-5,14,28H,6-10,27H2,1-2H3. The summed E-state index contributed by atoms with van der Waals surface area (Å²) in [5.74, 6) is -3.48. The molecule has 1 aromatic carbocycles. The van der Waals surface area contributed by atoms with Gasteiger partial charge in [0.1, 0.15) is 18.2 Å². The number of carbonyl (C=O) groups excluding carboxylic acids is 1. The Morgan fingerprint density at radius 2 is 2.00 bits per heavy atom. The summed E-state index contributed by atoms with van der Waals surface area (Å²) in [5.41, 5.74) is 8.54. The molecular weight excluding hydrogens is 459 g/mol. The zero-order valence-corrected chi connectivity index (χ0v) is 18.8. The van der Waals surface area contributed by atoms with E-state index in [0.717, 1.165) is 12.1 Å². The number of nitrogens with one attached hydrogen (secondary N) is 1. The first-order chi connectivity index (χ1) is 15.5. The Bertz CT molecular complexity index is 1120. The Hall–Kier alpha value is -2.85. The van der Waals surface area contributed by atoms with Crippen LogP contribution >= 0.6 is 11.6 Å². The monoisotopic (exact) mass is 481 g/mol. The summed E-state index contributed by atoms with van der Waals surface area (Å²) in [4.78, 5) is 23.5. The second kappa shape index (κ2) is 8.83. The Morgan fingerprint density at radius 3 is 2.64 bits per heavy atom. The van der Waals surface area contributed by atoms with Crippen LogP contribution in [0.1, 0.15) is 34.0 Å². The number of alkyl halides is 2. The van der Waals surface area contributed by atoms with Gasteiger partial charge in [0.15, 0.2) is 5.82 Å². The van der Waals surface area contributed by atoms with Crippen molar-refractivity contribution in [2.75, 3.05) is 26.2 Å². The normalized spacial score (nSPS) is 19.9.